The first-order chi connectivity index (χ1) is 14.0. The molecule has 1 aliphatic heterocycles. The van der Waals surface area contributed by atoms with Crippen molar-refractivity contribution in [1.29, 1.82) is 0 Å². The summed E-state index contributed by atoms with van der Waals surface area (Å²) in [6.45, 7) is 0.940. The van der Waals surface area contributed by atoms with Crippen LogP contribution in [0.3, 0.4) is 0 Å². The Morgan fingerprint density at radius 3 is 2.62 bits per heavy atom. The zero-order chi connectivity index (χ0) is 20.3. The minimum absolute atomic E-state index is 0.147. The van der Waals surface area contributed by atoms with E-state index in [1.54, 1.807) is 35.6 Å². The van der Waals surface area contributed by atoms with Crippen LogP contribution in [-0.2, 0) is 29.1 Å². The molecule has 0 saturated heterocycles. The van der Waals surface area contributed by atoms with Gasteiger partial charge in [0.25, 0.3) is 0 Å². The molecule has 1 N–H and O–H groups in total. The Balaban J connectivity index is 1.40. The Kier molecular flexibility index (Phi) is 6.35. The number of sulfone groups is 1. The van der Waals surface area contributed by atoms with Crippen LogP contribution in [-0.4, -0.2) is 25.7 Å². The van der Waals surface area contributed by atoms with Gasteiger partial charge >= 0.3 is 0 Å². The third kappa shape index (κ3) is 5.07. The maximum atomic E-state index is 12.5. The molecule has 0 amide bonds. The molecule has 2 aromatic carbocycles. The lowest BCUT2D eigenvalue weighted by molar-refractivity contribution is 0.495. The average molecular weight is 447 g/mol. The molecule has 1 aliphatic rings. The Morgan fingerprint density at radius 1 is 1.10 bits per heavy atom. The van der Waals surface area contributed by atoms with Gasteiger partial charge in [0.05, 0.1) is 27.4 Å². The lowest BCUT2D eigenvalue weighted by Crippen LogP contribution is -2.30. The Hall–Kier alpha value is -1.73. The quantitative estimate of drug-likeness (QED) is 0.574. The number of rotatable bonds is 7. The van der Waals surface area contributed by atoms with E-state index in [1.807, 2.05) is 18.2 Å². The molecule has 1 atom stereocenters. The topological polar surface area (TPSA) is 59.1 Å². The molecule has 0 aliphatic carbocycles. The summed E-state index contributed by atoms with van der Waals surface area (Å²) in [7, 11) is -3.23. The fourth-order valence-electron chi connectivity index (χ4n) is 3.61. The number of aryl methyl sites for hydroxylation is 1. The standard InChI is InChI=1S/C22H23ClN2O2S2/c23-17-10-8-16(9-11-17)15-19-22-20(12-13-24-19)28-21(25-22)7-4-14-29(26,27)18-5-2-1-3-6-18/h1-3,5-6,8-11,19,24H,4,7,12-15H2. The molecule has 4 rings (SSSR count). The third-order valence-electron chi connectivity index (χ3n) is 5.10. The van der Waals surface area contributed by atoms with E-state index in [9.17, 15) is 8.42 Å². The number of nitrogens with zero attached hydrogens (tertiary/aromatic N) is 1. The van der Waals surface area contributed by atoms with Crippen molar-refractivity contribution < 1.29 is 8.42 Å². The van der Waals surface area contributed by atoms with Gasteiger partial charge in [-0.15, -0.1) is 11.3 Å². The number of aromatic nitrogens is 1. The van der Waals surface area contributed by atoms with Crippen molar-refractivity contribution in [1.82, 2.24) is 10.3 Å². The first-order valence-electron chi connectivity index (χ1n) is 9.75. The molecule has 29 heavy (non-hydrogen) atoms. The van der Waals surface area contributed by atoms with Gasteiger partial charge in [0.1, 0.15) is 0 Å². The highest BCUT2D eigenvalue weighted by Gasteiger charge is 2.24. The Morgan fingerprint density at radius 2 is 1.86 bits per heavy atom. The van der Waals surface area contributed by atoms with Gasteiger partial charge in [-0.05, 0) is 49.1 Å². The first kappa shape index (κ1) is 20.5. The molecular formula is C22H23ClN2O2S2. The van der Waals surface area contributed by atoms with E-state index < -0.39 is 9.84 Å². The highest BCUT2D eigenvalue weighted by atomic mass is 35.5. The van der Waals surface area contributed by atoms with E-state index >= 15 is 0 Å². The number of nitrogens with one attached hydrogen (secondary N) is 1. The van der Waals surface area contributed by atoms with E-state index in [2.05, 4.69) is 17.4 Å². The number of thiazole rings is 1. The lowest BCUT2D eigenvalue weighted by atomic mass is 9.99. The smallest absolute Gasteiger partial charge is 0.178 e. The molecule has 152 valence electrons. The second-order valence-corrected chi connectivity index (χ2v) is 11.0. The fraction of sp³-hybridized carbons (Fsp3) is 0.318. The van der Waals surface area contributed by atoms with Crippen LogP contribution in [0.25, 0.3) is 0 Å². The average Bonchev–Trinajstić information content (AvgIpc) is 3.14. The molecule has 0 radical (unpaired) electrons. The van der Waals surface area contributed by atoms with Crippen molar-refractivity contribution in [3.63, 3.8) is 0 Å². The number of fused-ring (bicyclic) bond motifs is 1. The molecule has 1 aromatic heterocycles. The predicted molar refractivity (Wildman–Crippen MR) is 119 cm³/mol. The SMILES string of the molecule is O=S(=O)(CCCc1nc2c(s1)CCNC2Cc1ccc(Cl)cc1)c1ccccc1. The molecule has 0 fully saturated rings. The van der Waals surface area contributed by atoms with E-state index in [1.165, 1.54) is 10.4 Å². The molecule has 0 bridgehead atoms. The van der Waals surface area contributed by atoms with Gasteiger partial charge in [-0.2, -0.15) is 0 Å². The van der Waals surface area contributed by atoms with E-state index in [0.717, 1.165) is 35.1 Å². The largest absolute Gasteiger partial charge is 0.308 e. The van der Waals surface area contributed by atoms with Gasteiger partial charge in [-0.25, -0.2) is 13.4 Å². The van der Waals surface area contributed by atoms with Gasteiger partial charge in [0, 0.05) is 22.9 Å². The van der Waals surface area contributed by atoms with Gasteiger partial charge in [-0.1, -0.05) is 41.9 Å². The summed E-state index contributed by atoms with van der Waals surface area (Å²) in [4.78, 5) is 6.59. The molecule has 0 saturated carbocycles. The lowest BCUT2D eigenvalue weighted by Gasteiger charge is -2.23. The summed E-state index contributed by atoms with van der Waals surface area (Å²) >= 11 is 7.72. The second kappa shape index (κ2) is 8.96. The van der Waals surface area contributed by atoms with E-state index in [4.69, 9.17) is 16.6 Å². The first-order valence-corrected chi connectivity index (χ1v) is 12.6. The third-order valence-corrected chi connectivity index (χ3v) is 8.36. The Bertz CT molecular complexity index is 1060. The summed E-state index contributed by atoms with van der Waals surface area (Å²) < 4.78 is 24.9. The van der Waals surface area contributed by atoms with Crippen molar-refractivity contribution in [2.45, 2.75) is 36.6 Å². The van der Waals surface area contributed by atoms with Crippen molar-refractivity contribution in [3.05, 3.63) is 80.8 Å². The molecular weight excluding hydrogens is 424 g/mol. The minimum Gasteiger partial charge on any atom is -0.308 e. The van der Waals surface area contributed by atoms with Gasteiger partial charge in [-0.3, -0.25) is 0 Å². The molecule has 0 spiro atoms. The monoisotopic (exact) mass is 446 g/mol. The molecule has 1 unspecified atom stereocenters. The molecule has 2 heterocycles. The zero-order valence-corrected chi connectivity index (χ0v) is 18.4. The summed E-state index contributed by atoms with van der Waals surface area (Å²) in [6, 6.07) is 16.8. The Labute approximate surface area is 180 Å². The number of hydrogen-bond donors (Lipinski definition) is 1. The van der Waals surface area contributed by atoms with Gasteiger partial charge in [0.15, 0.2) is 9.84 Å². The van der Waals surface area contributed by atoms with Crippen LogP contribution in [0.4, 0.5) is 0 Å². The maximum Gasteiger partial charge on any atom is 0.178 e. The number of halogens is 1. The summed E-state index contributed by atoms with van der Waals surface area (Å²) in [6.07, 6.45) is 3.12. The molecule has 3 aromatic rings. The predicted octanol–water partition coefficient (Wildman–Crippen LogP) is 4.63. The van der Waals surface area contributed by atoms with Crippen molar-refractivity contribution in [2.75, 3.05) is 12.3 Å². The van der Waals surface area contributed by atoms with Crippen LogP contribution in [0.2, 0.25) is 5.02 Å². The van der Waals surface area contributed by atoms with Crippen molar-refractivity contribution in [3.8, 4) is 0 Å². The van der Waals surface area contributed by atoms with Gasteiger partial charge in [0.2, 0.25) is 0 Å². The van der Waals surface area contributed by atoms with Crippen LogP contribution in [0, 0.1) is 0 Å². The van der Waals surface area contributed by atoms with Crippen LogP contribution >= 0.6 is 22.9 Å². The van der Waals surface area contributed by atoms with Crippen molar-refractivity contribution >= 4 is 32.8 Å². The van der Waals surface area contributed by atoms with Crippen LogP contribution < -0.4 is 5.32 Å². The second-order valence-electron chi connectivity index (χ2n) is 7.24. The highest BCUT2D eigenvalue weighted by molar-refractivity contribution is 7.91. The van der Waals surface area contributed by atoms with Crippen molar-refractivity contribution in [2.24, 2.45) is 0 Å². The maximum absolute atomic E-state index is 12.5. The highest BCUT2D eigenvalue weighted by Crippen LogP contribution is 2.31. The normalized spacial score (nSPS) is 16.5. The molecule has 7 heteroatoms. The minimum atomic E-state index is -3.23. The van der Waals surface area contributed by atoms with E-state index in [-0.39, 0.29) is 11.8 Å². The van der Waals surface area contributed by atoms with E-state index in [0.29, 0.717) is 17.7 Å². The fourth-order valence-corrected chi connectivity index (χ4v) is 6.24. The van der Waals surface area contributed by atoms with Gasteiger partial charge < -0.3 is 5.32 Å². The van der Waals surface area contributed by atoms with Crippen LogP contribution in [0.5, 0.6) is 0 Å². The van der Waals surface area contributed by atoms with Crippen LogP contribution in [0.1, 0.15) is 33.6 Å². The summed E-state index contributed by atoms with van der Waals surface area (Å²) in [5.41, 5.74) is 2.35. The summed E-state index contributed by atoms with van der Waals surface area (Å²) in [5.74, 6) is 0.147. The molecule has 4 nitrogen and oxygen atoms in total. The number of benzene rings is 2. The zero-order valence-electron chi connectivity index (χ0n) is 16.0. The number of hydrogen-bond acceptors (Lipinski definition) is 5. The summed E-state index contributed by atoms with van der Waals surface area (Å²) in [5, 5.41) is 5.34. The van der Waals surface area contributed by atoms with Crippen LogP contribution in [0.15, 0.2) is 59.5 Å².